The van der Waals surface area contributed by atoms with Crippen molar-refractivity contribution in [2.45, 2.75) is 0 Å². The molecule has 1 heterocycles. The Labute approximate surface area is 125 Å². The third-order valence-electron chi connectivity index (χ3n) is 3.65. The Morgan fingerprint density at radius 1 is 1.09 bits per heavy atom. The van der Waals surface area contributed by atoms with Crippen molar-refractivity contribution < 1.29 is 14.3 Å². The van der Waals surface area contributed by atoms with Crippen LogP contribution in [0.2, 0.25) is 0 Å². The summed E-state index contributed by atoms with van der Waals surface area (Å²) in [5.74, 6) is -1.72. The molecule has 3 rings (SSSR count). The lowest BCUT2D eigenvalue weighted by molar-refractivity contribution is 0.0695. The number of carbonyl (C=O) groups is 1. The van der Waals surface area contributed by atoms with Gasteiger partial charge in [-0.1, -0.05) is 30.3 Å². The Balaban J connectivity index is 2.53. The van der Waals surface area contributed by atoms with Crippen LogP contribution in [-0.2, 0) is 7.05 Å². The van der Waals surface area contributed by atoms with Crippen molar-refractivity contribution >= 4 is 16.9 Å². The zero-order chi connectivity index (χ0) is 15.9. The fraction of sp³-hybridized carbons (Fsp3) is 0.0588. The standard InChI is InChI=1S/C17H12FNO3/c1-19-13-5-3-2-4-12(13)14(15(16(19)20)17(21)22)10-6-8-11(18)9-7-10/h2-9H,1H3,(H,21,22). The smallest absolute Gasteiger partial charge is 0.342 e. The molecule has 0 saturated carbocycles. The van der Waals surface area contributed by atoms with E-state index in [1.807, 2.05) is 0 Å². The highest BCUT2D eigenvalue weighted by molar-refractivity contribution is 6.06. The molecule has 22 heavy (non-hydrogen) atoms. The van der Waals surface area contributed by atoms with E-state index in [0.717, 1.165) is 0 Å². The van der Waals surface area contributed by atoms with Gasteiger partial charge in [-0.2, -0.15) is 0 Å². The molecule has 0 aliphatic heterocycles. The predicted molar refractivity (Wildman–Crippen MR) is 81.5 cm³/mol. The number of pyridine rings is 1. The number of hydrogen-bond acceptors (Lipinski definition) is 2. The quantitative estimate of drug-likeness (QED) is 0.791. The molecular weight excluding hydrogens is 285 g/mol. The minimum atomic E-state index is -1.30. The highest BCUT2D eigenvalue weighted by atomic mass is 19.1. The maximum atomic E-state index is 13.1. The first-order valence-electron chi connectivity index (χ1n) is 6.61. The molecule has 0 fully saturated rings. The Morgan fingerprint density at radius 3 is 2.36 bits per heavy atom. The summed E-state index contributed by atoms with van der Waals surface area (Å²) in [6.07, 6.45) is 0. The second kappa shape index (κ2) is 5.11. The number of hydrogen-bond donors (Lipinski definition) is 1. The third kappa shape index (κ3) is 2.07. The summed E-state index contributed by atoms with van der Waals surface area (Å²) in [7, 11) is 1.53. The van der Waals surface area contributed by atoms with Crippen LogP contribution in [0.5, 0.6) is 0 Å². The third-order valence-corrected chi connectivity index (χ3v) is 3.65. The average Bonchev–Trinajstić information content (AvgIpc) is 2.51. The van der Waals surface area contributed by atoms with E-state index < -0.39 is 17.3 Å². The van der Waals surface area contributed by atoms with E-state index in [9.17, 15) is 19.1 Å². The second-order valence-electron chi connectivity index (χ2n) is 4.94. The Bertz CT molecular complexity index is 943. The number of benzene rings is 2. The summed E-state index contributed by atoms with van der Waals surface area (Å²) in [5, 5.41) is 10.1. The van der Waals surface area contributed by atoms with Gasteiger partial charge >= 0.3 is 5.97 Å². The first kappa shape index (κ1) is 14.0. The molecule has 5 heteroatoms. The molecule has 0 saturated heterocycles. The van der Waals surface area contributed by atoms with Gasteiger partial charge in [0.05, 0.1) is 5.52 Å². The number of fused-ring (bicyclic) bond motifs is 1. The molecule has 0 amide bonds. The molecule has 0 atom stereocenters. The highest BCUT2D eigenvalue weighted by Gasteiger charge is 2.21. The first-order valence-corrected chi connectivity index (χ1v) is 6.61. The molecule has 1 aromatic heterocycles. The van der Waals surface area contributed by atoms with E-state index in [1.165, 1.54) is 35.9 Å². The van der Waals surface area contributed by atoms with Gasteiger partial charge in [0.25, 0.3) is 5.56 Å². The number of carboxylic acid groups (broad SMARTS) is 1. The summed E-state index contributed by atoms with van der Waals surface area (Å²) in [4.78, 5) is 24.0. The number of aromatic nitrogens is 1. The number of aryl methyl sites for hydroxylation is 1. The Morgan fingerprint density at radius 2 is 1.73 bits per heavy atom. The van der Waals surface area contributed by atoms with Gasteiger partial charge in [0.1, 0.15) is 11.4 Å². The van der Waals surface area contributed by atoms with Crippen LogP contribution in [0.15, 0.2) is 53.3 Å². The van der Waals surface area contributed by atoms with Gasteiger partial charge in [-0.3, -0.25) is 4.79 Å². The highest BCUT2D eigenvalue weighted by Crippen LogP contribution is 2.30. The zero-order valence-electron chi connectivity index (χ0n) is 11.7. The van der Waals surface area contributed by atoms with Crippen LogP contribution in [0.1, 0.15) is 10.4 Å². The summed E-state index contributed by atoms with van der Waals surface area (Å²) >= 11 is 0. The van der Waals surface area contributed by atoms with Gasteiger partial charge in [0.15, 0.2) is 0 Å². The largest absolute Gasteiger partial charge is 0.477 e. The lowest BCUT2D eigenvalue weighted by Gasteiger charge is -2.13. The minimum absolute atomic E-state index is 0.311. The van der Waals surface area contributed by atoms with Crippen molar-refractivity contribution in [3.63, 3.8) is 0 Å². The van der Waals surface area contributed by atoms with Gasteiger partial charge in [-0.25, -0.2) is 9.18 Å². The number of aromatic carboxylic acids is 1. The van der Waals surface area contributed by atoms with E-state index in [-0.39, 0.29) is 5.56 Å². The van der Waals surface area contributed by atoms with Crippen molar-refractivity contribution in [2.75, 3.05) is 0 Å². The molecule has 0 radical (unpaired) electrons. The molecule has 4 nitrogen and oxygen atoms in total. The molecule has 0 aliphatic carbocycles. The molecular formula is C17H12FNO3. The van der Waals surface area contributed by atoms with Gasteiger partial charge in [0.2, 0.25) is 0 Å². The van der Waals surface area contributed by atoms with Crippen LogP contribution in [0.4, 0.5) is 4.39 Å². The van der Waals surface area contributed by atoms with E-state index in [0.29, 0.717) is 22.0 Å². The molecule has 0 bridgehead atoms. The fourth-order valence-electron chi connectivity index (χ4n) is 2.61. The summed E-state index contributed by atoms with van der Waals surface area (Å²) in [6, 6.07) is 12.5. The van der Waals surface area contributed by atoms with Gasteiger partial charge in [0, 0.05) is 18.0 Å². The molecule has 110 valence electrons. The summed E-state index contributed by atoms with van der Waals surface area (Å²) in [6.45, 7) is 0. The van der Waals surface area contributed by atoms with Crippen LogP contribution in [0.25, 0.3) is 22.0 Å². The van der Waals surface area contributed by atoms with E-state index >= 15 is 0 Å². The number of halogens is 1. The van der Waals surface area contributed by atoms with Crippen LogP contribution in [0.3, 0.4) is 0 Å². The maximum absolute atomic E-state index is 13.1. The van der Waals surface area contributed by atoms with Crippen molar-refractivity contribution in [2.24, 2.45) is 7.05 Å². The monoisotopic (exact) mass is 297 g/mol. The van der Waals surface area contributed by atoms with Crippen molar-refractivity contribution in [3.8, 4) is 11.1 Å². The van der Waals surface area contributed by atoms with Crippen LogP contribution >= 0.6 is 0 Å². The molecule has 2 aromatic carbocycles. The van der Waals surface area contributed by atoms with Crippen molar-refractivity contribution in [1.82, 2.24) is 4.57 Å². The molecule has 0 spiro atoms. The predicted octanol–water partition coefficient (Wildman–Crippen LogP) is 3.04. The minimum Gasteiger partial charge on any atom is -0.477 e. The topological polar surface area (TPSA) is 59.3 Å². The van der Waals surface area contributed by atoms with E-state index in [1.54, 1.807) is 24.3 Å². The number of para-hydroxylation sites is 1. The number of rotatable bonds is 2. The average molecular weight is 297 g/mol. The fourth-order valence-corrected chi connectivity index (χ4v) is 2.61. The van der Waals surface area contributed by atoms with Crippen LogP contribution < -0.4 is 5.56 Å². The summed E-state index contributed by atoms with van der Waals surface area (Å²) in [5.41, 5.74) is 0.522. The zero-order valence-corrected chi connectivity index (χ0v) is 11.7. The summed E-state index contributed by atoms with van der Waals surface area (Å²) < 4.78 is 14.4. The van der Waals surface area contributed by atoms with Crippen LogP contribution in [-0.4, -0.2) is 15.6 Å². The van der Waals surface area contributed by atoms with E-state index in [4.69, 9.17) is 0 Å². The van der Waals surface area contributed by atoms with Gasteiger partial charge in [-0.15, -0.1) is 0 Å². The normalized spacial score (nSPS) is 10.8. The SMILES string of the molecule is Cn1c(=O)c(C(=O)O)c(-c2ccc(F)cc2)c2ccccc21. The lowest BCUT2D eigenvalue weighted by Crippen LogP contribution is -2.26. The number of carboxylic acids is 1. The Kier molecular flexibility index (Phi) is 3.25. The lowest BCUT2D eigenvalue weighted by atomic mass is 9.96. The second-order valence-corrected chi connectivity index (χ2v) is 4.94. The molecule has 1 N–H and O–H groups in total. The molecule has 3 aromatic rings. The number of nitrogens with zero attached hydrogens (tertiary/aromatic N) is 1. The van der Waals surface area contributed by atoms with Gasteiger partial charge in [-0.05, 0) is 23.8 Å². The van der Waals surface area contributed by atoms with Crippen molar-refractivity contribution in [1.29, 1.82) is 0 Å². The van der Waals surface area contributed by atoms with Crippen molar-refractivity contribution in [3.05, 3.63) is 70.3 Å². The van der Waals surface area contributed by atoms with Gasteiger partial charge < -0.3 is 9.67 Å². The van der Waals surface area contributed by atoms with E-state index in [2.05, 4.69) is 0 Å². The maximum Gasteiger partial charge on any atom is 0.342 e. The molecule has 0 aliphatic rings. The molecule has 0 unspecified atom stereocenters. The Hall–Kier alpha value is -2.95. The van der Waals surface area contributed by atoms with Crippen LogP contribution in [0, 0.1) is 5.82 Å². The first-order chi connectivity index (χ1) is 10.5.